The molecule has 0 aliphatic rings. The zero-order valence-corrected chi connectivity index (χ0v) is 22.2. The van der Waals surface area contributed by atoms with Gasteiger partial charge in [0.1, 0.15) is 10.8 Å². The van der Waals surface area contributed by atoms with Crippen molar-refractivity contribution in [2.75, 3.05) is 0 Å². The summed E-state index contributed by atoms with van der Waals surface area (Å²) in [5, 5.41) is 14.1. The maximum Gasteiger partial charge on any atom is 0.192 e. The van der Waals surface area contributed by atoms with Crippen LogP contribution in [0.5, 0.6) is 5.75 Å². The molecule has 0 spiro atoms. The first kappa shape index (κ1) is 24.8. The molecule has 0 radical (unpaired) electrons. The molecule has 0 aliphatic heterocycles. The van der Waals surface area contributed by atoms with Crippen LogP contribution in [0.15, 0.2) is 59.6 Å². The maximum atomic E-state index is 6.32. The number of nitrogens with zero attached hydrogens (tertiary/aromatic N) is 4. The number of rotatable bonds is 9. The van der Waals surface area contributed by atoms with Gasteiger partial charge < -0.3 is 4.74 Å². The number of allylic oxidation sites excluding steroid dienone is 1. The molecule has 4 aromatic rings. The van der Waals surface area contributed by atoms with Crippen LogP contribution in [0.3, 0.4) is 0 Å². The molecule has 5 nitrogen and oxygen atoms in total. The third-order valence-corrected chi connectivity index (χ3v) is 8.00. The van der Waals surface area contributed by atoms with Crippen LogP contribution in [-0.4, -0.2) is 19.7 Å². The van der Waals surface area contributed by atoms with Crippen molar-refractivity contribution >= 4 is 46.3 Å². The van der Waals surface area contributed by atoms with Crippen molar-refractivity contribution in [2.24, 2.45) is 0 Å². The predicted molar refractivity (Wildman–Crippen MR) is 142 cm³/mol. The first-order valence-corrected chi connectivity index (χ1v) is 13.3. The van der Waals surface area contributed by atoms with E-state index in [4.69, 9.17) is 32.9 Å². The molecule has 9 heteroatoms. The second-order valence-corrected chi connectivity index (χ2v) is 10.4. The average Bonchev–Trinajstić information content (AvgIpc) is 3.44. The number of hydrogen-bond acceptors (Lipinski definition) is 6. The average molecular weight is 532 g/mol. The van der Waals surface area contributed by atoms with Gasteiger partial charge in [0.05, 0.1) is 10.7 Å². The highest BCUT2D eigenvalue weighted by molar-refractivity contribution is 7.98. The van der Waals surface area contributed by atoms with Crippen LogP contribution < -0.4 is 4.74 Å². The Hall–Kier alpha value is -2.32. The van der Waals surface area contributed by atoms with E-state index in [0.29, 0.717) is 17.3 Å². The summed E-state index contributed by atoms with van der Waals surface area (Å²) in [7, 11) is 0. The third kappa shape index (κ3) is 5.49. The van der Waals surface area contributed by atoms with E-state index in [1.54, 1.807) is 23.1 Å². The van der Waals surface area contributed by atoms with Crippen LogP contribution in [0, 0.1) is 13.8 Å². The van der Waals surface area contributed by atoms with Gasteiger partial charge in [-0.1, -0.05) is 59.2 Å². The highest BCUT2D eigenvalue weighted by Gasteiger charge is 2.20. The summed E-state index contributed by atoms with van der Waals surface area (Å²) in [6.07, 6.45) is 1.53. The lowest BCUT2D eigenvalue weighted by Crippen LogP contribution is -2.12. The molecule has 4 rings (SSSR count). The van der Waals surface area contributed by atoms with Crippen molar-refractivity contribution in [3.05, 3.63) is 87.1 Å². The molecule has 2 heterocycles. The maximum absolute atomic E-state index is 6.32. The molecule has 0 saturated carbocycles. The quantitative estimate of drug-likeness (QED) is 0.162. The van der Waals surface area contributed by atoms with Gasteiger partial charge in [-0.15, -0.1) is 28.1 Å². The van der Waals surface area contributed by atoms with Crippen molar-refractivity contribution in [1.29, 1.82) is 0 Å². The Morgan fingerprint density at radius 1 is 1.18 bits per heavy atom. The second-order valence-electron chi connectivity index (χ2n) is 7.78. The van der Waals surface area contributed by atoms with E-state index in [-0.39, 0.29) is 6.10 Å². The SMILES string of the molecule is C=CCn1c(SCc2csc(-c3ccccc3Cl)n2)nnc1C(C)Oc1cc(C)c(Cl)c(C)c1. The highest BCUT2D eigenvalue weighted by atomic mass is 35.5. The summed E-state index contributed by atoms with van der Waals surface area (Å²) in [4.78, 5) is 4.75. The Bertz CT molecular complexity index is 1290. The first-order chi connectivity index (χ1) is 16.4. The van der Waals surface area contributed by atoms with Crippen molar-refractivity contribution in [3.8, 4) is 16.3 Å². The van der Waals surface area contributed by atoms with Gasteiger partial charge in [0.2, 0.25) is 0 Å². The molecular formula is C25H24Cl2N4OS2. The van der Waals surface area contributed by atoms with Crippen LogP contribution in [0.1, 0.15) is 35.7 Å². The fourth-order valence-electron chi connectivity index (χ4n) is 3.51. The number of aryl methyl sites for hydroxylation is 2. The zero-order valence-electron chi connectivity index (χ0n) is 19.1. The number of hydrogen-bond donors (Lipinski definition) is 0. The van der Waals surface area contributed by atoms with Crippen molar-refractivity contribution in [2.45, 2.75) is 44.3 Å². The molecule has 0 fully saturated rings. The van der Waals surface area contributed by atoms with E-state index >= 15 is 0 Å². The van der Waals surface area contributed by atoms with E-state index < -0.39 is 0 Å². The van der Waals surface area contributed by atoms with Gasteiger partial charge in [-0.05, 0) is 50.1 Å². The van der Waals surface area contributed by atoms with Gasteiger partial charge in [0.15, 0.2) is 17.1 Å². The van der Waals surface area contributed by atoms with E-state index in [1.165, 1.54) is 0 Å². The van der Waals surface area contributed by atoms with Gasteiger partial charge in [-0.2, -0.15) is 0 Å². The van der Waals surface area contributed by atoms with E-state index in [9.17, 15) is 0 Å². The number of thiazole rings is 1. The first-order valence-electron chi connectivity index (χ1n) is 10.7. The molecule has 2 aromatic heterocycles. The lowest BCUT2D eigenvalue weighted by atomic mass is 10.1. The number of ether oxygens (including phenoxy) is 1. The smallest absolute Gasteiger partial charge is 0.192 e. The molecule has 176 valence electrons. The third-order valence-electron chi connectivity index (χ3n) is 5.15. The van der Waals surface area contributed by atoms with Crippen LogP contribution in [-0.2, 0) is 12.3 Å². The monoisotopic (exact) mass is 530 g/mol. The number of aromatic nitrogens is 4. The standard InChI is InChI=1S/C25H24Cl2N4OS2/c1-5-10-31-23(17(4)32-19-11-15(2)22(27)16(3)12-19)29-30-25(31)34-14-18-13-33-24(28-18)20-8-6-7-9-21(20)26/h5-9,11-13,17H,1,10,14H2,2-4H3. The fourth-order valence-corrected chi connectivity index (χ4v) is 5.71. The van der Waals surface area contributed by atoms with Crippen LogP contribution >= 0.6 is 46.3 Å². The number of benzene rings is 2. The molecule has 0 N–H and O–H groups in total. The molecule has 0 bridgehead atoms. The minimum absolute atomic E-state index is 0.298. The molecule has 2 aromatic carbocycles. The predicted octanol–water partition coefficient (Wildman–Crippen LogP) is 7.94. The second kappa shape index (κ2) is 11.0. The lowest BCUT2D eigenvalue weighted by molar-refractivity contribution is 0.210. The van der Waals surface area contributed by atoms with E-state index in [0.717, 1.165) is 49.1 Å². The Morgan fingerprint density at radius 3 is 2.62 bits per heavy atom. The van der Waals surface area contributed by atoms with E-state index in [1.807, 2.05) is 67.8 Å². The molecule has 34 heavy (non-hydrogen) atoms. The normalized spacial score (nSPS) is 12.0. The van der Waals surface area contributed by atoms with Crippen molar-refractivity contribution in [1.82, 2.24) is 19.7 Å². The molecule has 0 saturated heterocycles. The fraction of sp³-hybridized carbons (Fsp3) is 0.240. The van der Waals surface area contributed by atoms with Crippen LogP contribution in [0.25, 0.3) is 10.6 Å². The Morgan fingerprint density at radius 2 is 1.91 bits per heavy atom. The van der Waals surface area contributed by atoms with Gasteiger partial charge in [0.25, 0.3) is 0 Å². The Labute approximate surface area is 217 Å². The number of thioether (sulfide) groups is 1. The molecule has 1 atom stereocenters. The summed E-state index contributed by atoms with van der Waals surface area (Å²) in [5.74, 6) is 2.16. The minimum atomic E-state index is -0.298. The van der Waals surface area contributed by atoms with E-state index in [2.05, 4.69) is 22.2 Å². The minimum Gasteiger partial charge on any atom is -0.483 e. The summed E-state index contributed by atoms with van der Waals surface area (Å²) < 4.78 is 8.22. The van der Waals surface area contributed by atoms with Gasteiger partial charge in [0, 0.05) is 28.3 Å². The van der Waals surface area contributed by atoms with Crippen LogP contribution in [0.4, 0.5) is 0 Å². The van der Waals surface area contributed by atoms with Crippen LogP contribution in [0.2, 0.25) is 10.0 Å². The topological polar surface area (TPSA) is 52.8 Å². The Balaban J connectivity index is 1.49. The Kier molecular flexibility index (Phi) is 7.99. The zero-order chi connectivity index (χ0) is 24.2. The van der Waals surface area contributed by atoms with Gasteiger partial charge in [-0.3, -0.25) is 4.57 Å². The molecule has 0 aliphatic carbocycles. The summed E-state index contributed by atoms with van der Waals surface area (Å²) in [6, 6.07) is 11.6. The van der Waals surface area contributed by atoms with Gasteiger partial charge in [-0.25, -0.2) is 4.98 Å². The summed E-state index contributed by atoms with van der Waals surface area (Å²) >= 11 is 15.8. The molecule has 0 amide bonds. The highest BCUT2D eigenvalue weighted by Crippen LogP contribution is 2.33. The van der Waals surface area contributed by atoms with Crippen molar-refractivity contribution in [3.63, 3.8) is 0 Å². The largest absolute Gasteiger partial charge is 0.483 e. The lowest BCUT2D eigenvalue weighted by Gasteiger charge is -2.17. The molecular weight excluding hydrogens is 507 g/mol. The summed E-state index contributed by atoms with van der Waals surface area (Å²) in [5.41, 5.74) is 3.87. The van der Waals surface area contributed by atoms with Crippen molar-refractivity contribution < 1.29 is 4.74 Å². The number of halogens is 2. The van der Waals surface area contributed by atoms with Gasteiger partial charge >= 0.3 is 0 Å². The summed E-state index contributed by atoms with van der Waals surface area (Å²) in [6.45, 7) is 10.4. The molecule has 1 unspecified atom stereocenters.